The van der Waals surface area contributed by atoms with E-state index < -0.39 is 0 Å². The second kappa shape index (κ2) is 9.19. The first-order chi connectivity index (χ1) is 14.0. The van der Waals surface area contributed by atoms with Gasteiger partial charge >= 0.3 is 0 Å². The van der Waals surface area contributed by atoms with Crippen LogP contribution in [0, 0.1) is 5.82 Å². The van der Waals surface area contributed by atoms with Crippen molar-refractivity contribution in [1.82, 2.24) is 9.80 Å². The normalized spacial score (nSPS) is 18.0. The van der Waals surface area contributed by atoms with Crippen molar-refractivity contribution in [2.45, 2.75) is 12.6 Å². The maximum absolute atomic E-state index is 13.3. The molecule has 1 unspecified atom stereocenters. The van der Waals surface area contributed by atoms with Crippen molar-refractivity contribution in [2.75, 3.05) is 20.2 Å². The molecule has 6 heteroatoms. The standard InChI is InChI=1S/C23H23FN2O3/c1-3-22(27)25-14-4-5-21(18-8-12-20(29-2)13-9-18)26(23(28)16-25)15-17-6-10-19(24)11-7-17/h3-13,21H,1,14-16H2,2H3/b5-4-. The minimum Gasteiger partial charge on any atom is -0.497 e. The minimum atomic E-state index is -0.331. The predicted octanol–water partition coefficient (Wildman–Crippen LogP) is 3.49. The zero-order chi connectivity index (χ0) is 20.8. The van der Waals surface area contributed by atoms with Crippen LogP contribution >= 0.6 is 0 Å². The van der Waals surface area contributed by atoms with E-state index in [9.17, 15) is 14.0 Å². The Morgan fingerprint density at radius 3 is 2.52 bits per heavy atom. The molecule has 0 fully saturated rings. The molecule has 0 N–H and O–H groups in total. The zero-order valence-corrected chi connectivity index (χ0v) is 16.3. The van der Waals surface area contributed by atoms with Crippen LogP contribution < -0.4 is 4.74 Å². The Balaban J connectivity index is 1.96. The van der Waals surface area contributed by atoms with Crippen LogP contribution in [-0.2, 0) is 16.1 Å². The molecule has 2 aromatic rings. The third-order valence-electron chi connectivity index (χ3n) is 4.84. The van der Waals surface area contributed by atoms with Gasteiger partial charge in [0.1, 0.15) is 18.1 Å². The third-order valence-corrected chi connectivity index (χ3v) is 4.84. The maximum Gasteiger partial charge on any atom is 0.246 e. The van der Waals surface area contributed by atoms with Crippen LogP contribution in [0.25, 0.3) is 0 Å². The number of carbonyl (C=O) groups excluding carboxylic acids is 2. The van der Waals surface area contributed by atoms with E-state index in [0.29, 0.717) is 6.54 Å². The van der Waals surface area contributed by atoms with Crippen LogP contribution in [0.5, 0.6) is 5.75 Å². The van der Waals surface area contributed by atoms with E-state index >= 15 is 0 Å². The number of hydrogen-bond acceptors (Lipinski definition) is 3. The first kappa shape index (κ1) is 20.3. The first-order valence-electron chi connectivity index (χ1n) is 9.27. The van der Waals surface area contributed by atoms with Gasteiger partial charge in [0.2, 0.25) is 11.8 Å². The molecule has 0 radical (unpaired) electrons. The molecule has 150 valence electrons. The molecule has 0 bridgehead atoms. The van der Waals surface area contributed by atoms with Crippen LogP contribution in [0.1, 0.15) is 17.2 Å². The Hall–Kier alpha value is -3.41. The van der Waals surface area contributed by atoms with E-state index in [-0.39, 0.29) is 36.8 Å². The van der Waals surface area contributed by atoms with Gasteiger partial charge in [-0.1, -0.05) is 43.0 Å². The van der Waals surface area contributed by atoms with Crippen LogP contribution in [-0.4, -0.2) is 41.8 Å². The third kappa shape index (κ3) is 4.90. The van der Waals surface area contributed by atoms with Crippen LogP contribution in [0.4, 0.5) is 4.39 Å². The largest absolute Gasteiger partial charge is 0.497 e. The van der Waals surface area contributed by atoms with Gasteiger partial charge in [-0.15, -0.1) is 0 Å². The fourth-order valence-electron chi connectivity index (χ4n) is 3.26. The number of benzene rings is 2. The summed E-state index contributed by atoms with van der Waals surface area (Å²) < 4.78 is 18.5. The Kier molecular flexibility index (Phi) is 6.44. The SMILES string of the molecule is C=CC(=O)N1C/C=C\C(c2ccc(OC)cc2)N(Cc2ccc(F)cc2)C(=O)C1. The summed E-state index contributed by atoms with van der Waals surface area (Å²) in [6.07, 6.45) is 4.99. The van der Waals surface area contributed by atoms with Gasteiger partial charge in [-0.2, -0.15) is 0 Å². The van der Waals surface area contributed by atoms with Gasteiger partial charge in [0.25, 0.3) is 0 Å². The minimum absolute atomic E-state index is 0.0525. The Morgan fingerprint density at radius 2 is 1.90 bits per heavy atom. The lowest BCUT2D eigenvalue weighted by molar-refractivity contribution is -0.139. The highest BCUT2D eigenvalue weighted by molar-refractivity contribution is 5.91. The lowest BCUT2D eigenvalue weighted by Gasteiger charge is -2.34. The second-order valence-corrected chi connectivity index (χ2v) is 6.72. The average Bonchev–Trinajstić information content (AvgIpc) is 2.74. The van der Waals surface area contributed by atoms with Gasteiger partial charge in [-0.05, 0) is 41.5 Å². The van der Waals surface area contributed by atoms with Gasteiger partial charge < -0.3 is 14.5 Å². The van der Waals surface area contributed by atoms with Crippen molar-refractivity contribution in [3.63, 3.8) is 0 Å². The number of ether oxygens (including phenoxy) is 1. The van der Waals surface area contributed by atoms with Crippen LogP contribution in [0.2, 0.25) is 0 Å². The summed E-state index contributed by atoms with van der Waals surface area (Å²) in [5.41, 5.74) is 1.72. The second-order valence-electron chi connectivity index (χ2n) is 6.72. The number of nitrogens with zero attached hydrogens (tertiary/aromatic N) is 2. The molecule has 1 heterocycles. The first-order valence-corrected chi connectivity index (χ1v) is 9.27. The van der Waals surface area contributed by atoms with Crippen LogP contribution in [0.3, 0.4) is 0 Å². The number of methoxy groups -OCH3 is 1. The van der Waals surface area contributed by atoms with E-state index in [1.54, 1.807) is 24.1 Å². The summed E-state index contributed by atoms with van der Waals surface area (Å²) in [6, 6.07) is 13.2. The lowest BCUT2D eigenvalue weighted by Crippen LogP contribution is -2.44. The van der Waals surface area contributed by atoms with Crippen molar-refractivity contribution >= 4 is 11.8 Å². The smallest absolute Gasteiger partial charge is 0.246 e. The number of amides is 2. The molecule has 0 saturated heterocycles. The maximum atomic E-state index is 13.3. The summed E-state index contributed by atoms with van der Waals surface area (Å²) >= 11 is 0. The topological polar surface area (TPSA) is 49.9 Å². The van der Waals surface area contributed by atoms with E-state index in [1.165, 1.54) is 23.1 Å². The van der Waals surface area contributed by atoms with Gasteiger partial charge in [0.15, 0.2) is 0 Å². The number of rotatable bonds is 5. The average molecular weight is 394 g/mol. The number of hydrogen-bond donors (Lipinski definition) is 0. The molecule has 5 nitrogen and oxygen atoms in total. The van der Waals surface area contributed by atoms with E-state index in [4.69, 9.17) is 4.74 Å². The molecule has 3 rings (SSSR count). The van der Waals surface area contributed by atoms with Crippen molar-refractivity contribution in [3.8, 4) is 5.75 Å². The fraction of sp³-hybridized carbons (Fsp3) is 0.217. The molecule has 0 saturated carbocycles. The molecule has 0 aliphatic carbocycles. The highest BCUT2D eigenvalue weighted by Gasteiger charge is 2.28. The Bertz CT molecular complexity index is 907. The van der Waals surface area contributed by atoms with Crippen molar-refractivity contribution in [2.24, 2.45) is 0 Å². The lowest BCUT2D eigenvalue weighted by atomic mass is 10.0. The number of halogens is 1. The fourth-order valence-corrected chi connectivity index (χ4v) is 3.26. The molecular formula is C23H23FN2O3. The summed E-state index contributed by atoms with van der Waals surface area (Å²) in [6.45, 7) is 4.06. The highest BCUT2D eigenvalue weighted by atomic mass is 19.1. The molecule has 0 aromatic heterocycles. The molecule has 1 aliphatic rings. The summed E-state index contributed by atoms with van der Waals surface area (Å²) in [5.74, 6) is -0.104. The van der Waals surface area contributed by atoms with E-state index in [1.807, 2.05) is 36.4 Å². The zero-order valence-electron chi connectivity index (χ0n) is 16.3. The molecule has 1 aliphatic heterocycles. The quantitative estimate of drug-likeness (QED) is 0.576. The molecule has 0 spiro atoms. The monoisotopic (exact) mass is 394 g/mol. The predicted molar refractivity (Wildman–Crippen MR) is 109 cm³/mol. The van der Waals surface area contributed by atoms with Gasteiger partial charge in [-0.3, -0.25) is 9.59 Å². The Labute approximate surface area is 169 Å². The summed E-state index contributed by atoms with van der Waals surface area (Å²) in [4.78, 5) is 28.3. The number of carbonyl (C=O) groups is 2. The summed E-state index contributed by atoms with van der Waals surface area (Å²) in [7, 11) is 1.60. The molecule has 1 atom stereocenters. The summed E-state index contributed by atoms with van der Waals surface area (Å²) in [5, 5.41) is 0. The van der Waals surface area contributed by atoms with Crippen molar-refractivity contribution in [1.29, 1.82) is 0 Å². The van der Waals surface area contributed by atoms with Crippen molar-refractivity contribution < 1.29 is 18.7 Å². The molecule has 2 amide bonds. The van der Waals surface area contributed by atoms with Crippen LogP contribution in [0.15, 0.2) is 73.3 Å². The Morgan fingerprint density at radius 1 is 1.21 bits per heavy atom. The van der Waals surface area contributed by atoms with Gasteiger partial charge in [-0.25, -0.2) is 4.39 Å². The van der Waals surface area contributed by atoms with E-state index in [2.05, 4.69) is 6.58 Å². The van der Waals surface area contributed by atoms with Gasteiger partial charge in [0, 0.05) is 13.1 Å². The van der Waals surface area contributed by atoms with Crippen molar-refractivity contribution in [3.05, 3.63) is 90.3 Å². The molecule has 29 heavy (non-hydrogen) atoms. The van der Waals surface area contributed by atoms with E-state index in [0.717, 1.165) is 16.9 Å². The molecular weight excluding hydrogens is 371 g/mol. The molecule has 2 aromatic carbocycles. The van der Waals surface area contributed by atoms with Gasteiger partial charge in [0.05, 0.1) is 13.2 Å². The highest BCUT2D eigenvalue weighted by Crippen LogP contribution is 2.28.